The largest absolute Gasteiger partial charge is 0.494 e. The molecule has 1 aromatic carbocycles. The van der Waals surface area contributed by atoms with Crippen molar-refractivity contribution in [2.75, 3.05) is 12.9 Å². The lowest BCUT2D eigenvalue weighted by atomic mass is 10.2. The Morgan fingerprint density at radius 3 is 2.62 bits per heavy atom. The summed E-state index contributed by atoms with van der Waals surface area (Å²) in [7, 11) is -1.88. The highest BCUT2D eigenvalue weighted by atomic mass is 32.2. The molecule has 0 saturated heterocycles. The van der Waals surface area contributed by atoms with Crippen LogP contribution in [0.4, 0.5) is 4.39 Å². The molecule has 0 saturated carbocycles. The van der Waals surface area contributed by atoms with Crippen molar-refractivity contribution in [3.63, 3.8) is 0 Å². The molecule has 1 aromatic rings. The van der Waals surface area contributed by atoms with Gasteiger partial charge in [-0.3, -0.25) is 0 Å². The summed E-state index contributed by atoms with van der Waals surface area (Å²) in [5.74, 6) is -0.358. The zero-order valence-electron chi connectivity index (χ0n) is 9.16. The molecule has 0 bridgehead atoms. The highest BCUT2D eigenvalue weighted by Crippen LogP contribution is 2.17. The Morgan fingerprint density at radius 1 is 1.44 bits per heavy atom. The maximum atomic E-state index is 13.3. The van der Waals surface area contributed by atoms with Gasteiger partial charge in [-0.1, -0.05) is 6.07 Å². The second-order valence-corrected chi connectivity index (χ2v) is 5.29. The number of rotatable bonds is 5. The summed E-state index contributed by atoms with van der Waals surface area (Å²) in [4.78, 5) is 0. The predicted molar refractivity (Wildman–Crippen MR) is 59.3 cm³/mol. The first-order valence-electron chi connectivity index (χ1n) is 4.78. The van der Waals surface area contributed by atoms with Gasteiger partial charge in [0.05, 0.1) is 12.9 Å². The molecular weight excluding hydrogens is 233 g/mol. The van der Waals surface area contributed by atoms with Gasteiger partial charge in [0.25, 0.3) is 0 Å². The van der Waals surface area contributed by atoms with Crippen molar-refractivity contribution in [2.45, 2.75) is 13.5 Å². The van der Waals surface area contributed by atoms with E-state index in [1.165, 1.54) is 26.2 Å². The van der Waals surface area contributed by atoms with Gasteiger partial charge in [-0.25, -0.2) is 17.5 Å². The third kappa shape index (κ3) is 3.46. The molecule has 0 aliphatic carbocycles. The van der Waals surface area contributed by atoms with Gasteiger partial charge in [-0.2, -0.15) is 0 Å². The molecule has 0 heterocycles. The van der Waals surface area contributed by atoms with Gasteiger partial charge < -0.3 is 4.74 Å². The summed E-state index contributed by atoms with van der Waals surface area (Å²) in [6.45, 7) is 1.62. The normalized spacial score (nSPS) is 11.4. The fourth-order valence-corrected chi connectivity index (χ4v) is 1.71. The highest BCUT2D eigenvalue weighted by molar-refractivity contribution is 7.89. The summed E-state index contributed by atoms with van der Waals surface area (Å²) in [6, 6.07) is 4.32. The number of methoxy groups -OCH3 is 1. The van der Waals surface area contributed by atoms with E-state index in [1.54, 1.807) is 6.07 Å². The Labute approximate surface area is 94.5 Å². The fourth-order valence-electron chi connectivity index (χ4n) is 1.12. The first-order valence-corrected chi connectivity index (χ1v) is 6.43. The van der Waals surface area contributed by atoms with E-state index in [9.17, 15) is 12.8 Å². The Balaban J connectivity index is 2.73. The van der Waals surface area contributed by atoms with E-state index >= 15 is 0 Å². The van der Waals surface area contributed by atoms with Crippen molar-refractivity contribution in [2.24, 2.45) is 0 Å². The third-order valence-electron chi connectivity index (χ3n) is 2.09. The lowest BCUT2D eigenvalue weighted by Crippen LogP contribution is -2.24. The molecule has 16 heavy (non-hydrogen) atoms. The van der Waals surface area contributed by atoms with E-state index < -0.39 is 15.8 Å². The number of hydrogen-bond donors (Lipinski definition) is 1. The molecule has 0 atom stereocenters. The first kappa shape index (κ1) is 12.9. The van der Waals surface area contributed by atoms with E-state index in [0.717, 1.165) is 0 Å². The molecule has 0 amide bonds. The molecule has 6 heteroatoms. The van der Waals surface area contributed by atoms with Crippen LogP contribution in [0, 0.1) is 5.82 Å². The molecule has 0 spiro atoms. The van der Waals surface area contributed by atoms with Crippen LogP contribution in [-0.2, 0) is 16.6 Å². The van der Waals surface area contributed by atoms with E-state index in [-0.39, 0.29) is 18.0 Å². The maximum Gasteiger partial charge on any atom is 0.211 e. The lowest BCUT2D eigenvalue weighted by Gasteiger charge is -2.06. The smallest absolute Gasteiger partial charge is 0.211 e. The average Bonchev–Trinajstić information content (AvgIpc) is 2.27. The van der Waals surface area contributed by atoms with Crippen LogP contribution in [0.1, 0.15) is 12.5 Å². The molecule has 1 N–H and O–H groups in total. The van der Waals surface area contributed by atoms with Crippen molar-refractivity contribution in [3.05, 3.63) is 29.6 Å². The Kier molecular flexibility index (Phi) is 4.26. The van der Waals surface area contributed by atoms with Crippen LogP contribution in [-0.4, -0.2) is 21.3 Å². The van der Waals surface area contributed by atoms with Gasteiger partial charge in [0.2, 0.25) is 10.0 Å². The first-order chi connectivity index (χ1) is 7.48. The number of sulfonamides is 1. The van der Waals surface area contributed by atoms with Crippen LogP contribution in [0.5, 0.6) is 5.75 Å². The lowest BCUT2D eigenvalue weighted by molar-refractivity contribution is 0.386. The minimum atomic E-state index is -3.25. The van der Waals surface area contributed by atoms with Crippen LogP contribution < -0.4 is 9.46 Å². The third-order valence-corrected chi connectivity index (χ3v) is 3.44. The SMILES string of the molecule is CCS(=O)(=O)NCc1ccc(OC)c(F)c1. The predicted octanol–water partition coefficient (Wildman–Crippen LogP) is 1.27. The van der Waals surface area contributed by atoms with Crippen LogP contribution in [0.25, 0.3) is 0 Å². The molecule has 0 unspecified atom stereocenters. The number of benzene rings is 1. The maximum absolute atomic E-state index is 13.3. The zero-order chi connectivity index (χ0) is 12.2. The van der Waals surface area contributed by atoms with E-state index in [4.69, 9.17) is 4.74 Å². The second kappa shape index (κ2) is 5.27. The van der Waals surface area contributed by atoms with Crippen LogP contribution >= 0.6 is 0 Å². The van der Waals surface area contributed by atoms with Gasteiger partial charge >= 0.3 is 0 Å². The van der Waals surface area contributed by atoms with Gasteiger partial charge in [0.1, 0.15) is 0 Å². The van der Waals surface area contributed by atoms with Gasteiger partial charge in [-0.15, -0.1) is 0 Å². The summed E-state index contributed by atoms with van der Waals surface area (Å²) in [5.41, 5.74) is 0.551. The Hall–Kier alpha value is -1.14. The summed E-state index contributed by atoms with van der Waals surface area (Å²) in [6.07, 6.45) is 0. The topological polar surface area (TPSA) is 55.4 Å². The fraction of sp³-hybridized carbons (Fsp3) is 0.400. The summed E-state index contributed by atoms with van der Waals surface area (Å²) >= 11 is 0. The summed E-state index contributed by atoms with van der Waals surface area (Å²) in [5, 5.41) is 0. The number of halogens is 1. The zero-order valence-corrected chi connectivity index (χ0v) is 9.97. The van der Waals surface area contributed by atoms with Crippen molar-refractivity contribution < 1.29 is 17.5 Å². The number of hydrogen-bond acceptors (Lipinski definition) is 3. The van der Waals surface area contributed by atoms with Crippen LogP contribution in [0.15, 0.2) is 18.2 Å². The van der Waals surface area contributed by atoms with E-state index in [2.05, 4.69) is 4.72 Å². The van der Waals surface area contributed by atoms with Crippen molar-refractivity contribution in [1.29, 1.82) is 0 Å². The number of nitrogens with one attached hydrogen (secondary N) is 1. The quantitative estimate of drug-likeness (QED) is 0.852. The second-order valence-electron chi connectivity index (χ2n) is 3.19. The van der Waals surface area contributed by atoms with Crippen LogP contribution in [0.2, 0.25) is 0 Å². The molecular formula is C10H14FNO3S. The minimum Gasteiger partial charge on any atom is -0.494 e. The molecule has 0 aliphatic heterocycles. The van der Waals surface area contributed by atoms with Crippen LogP contribution in [0.3, 0.4) is 0 Å². The van der Waals surface area contributed by atoms with Crippen molar-refractivity contribution in [3.8, 4) is 5.75 Å². The molecule has 0 fully saturated rings. The average molecular weight is 247 g/mol. The Morgan fingerprint density at radius 2 is 2.12 bits per heavy atom. The van der Waals surface area contributed by atoms with Gasteiger partial charge in [0, 0.05) is 6.54 Å². The molecule has 0 aromatic heterocycles. The Bertz CT molecular complexity index is 459. The van der Waals surface area contributed by atoms with Crippen molar-refractivity contribution in [1.82, 2.24) is 4.72 Å². The monoisotopic (exact) mass is 247 g/mol. The van der Waals surface area contributed by atoms with E-state index in [0.29, 0.717) is 5.56 Å². The van der Waals surface area contributed by atoms with Crippen molar-refractivity contribution >= 4 is 10.0 Å². The highest BCUT2D eigenvalue weighted by Gasteiger charge is 2.08. The number of ether oxygens (including phenoxy) is 1. The molecule has 1 rings (SSSR count). The molecule has 0 aliphatic rings. The van der Waals surface area contributed by atoms with E-state index in [1.807, 2.05) is 0 Å². The molecule has 4 nitrogen and oxygen atoms in total. The summed E-state index contributed by atoms with van der Waals surface area (Å²) < 4.78 is 42.7. The molecule has 90 valence electrons. The van der Waals surface area contributed by atoms with Gasteiger partial charge in [0.15, 0.2) is 11.6 Å². The minimum absolute atomic E-state index is 0.00559. The molecule has 0 radical (unpaired) electrons. The standard InChI is InChI=1S/C10H14FNO3S/c1-3-16(13,14)12-7-8-4-5-10(15-2)9(11)6-8/h4-6,12H,3,7H2,1-2H3. The van der Waals surface area contributed by atoms with Gasteiger partial charge in [-0.05, 0) is 24.6 Å².